The summed E-state index contributed by atoms with van der Waals surface area (Å²) >= 11 is 0. The average Bonchev–Trinajstić information content (AvgIpc) is 1.62. The van der Waals surface area contributed by atoms with Crippen LogP contribution in [0.3, 0.4) is 0 Å². The smallest absolute Gasteiger partial charge is 0.100 e. The van der Waals surface area contributed by atoms with E-state index in [1.54, 1.807) is 0 Å². The summed E-state index contributed by atoms with van der Waals surface area (Å²) in [7, 11) is 0. The number of hydrogen-bond donors (Lipinski definition) is 3. The first-order valence-corrected chi connectivity index (χ1v) is 1.49. The summed E-state index contributed by atoms with van der Waals surface area (Å²) in [6, 6.07) is 0. The highest BCUT2D eigenvalue weighted by Gasteiger charge is 1.93. The molecule has 0 amide bonds. The lowest BCUT2D eigenvalue weighted by Crippen LogP contribution is -2.15. The quantitative estimate of drug-likeness (QED) is 0.360. The standard InChI is InChI=1S/C3H8O3/c4-1-3(6)2-5/h3-6H,1-2H2/i1D2,2+1,3+1/t3-/m1/s1. The Kier molecular flexibility index (Phi) is 1.52. The van der Waals surface area contributed by atoms with Crippen molar-refractivity contribution in [3.63, 3.8) is 0 Å². The Morgan fingerprint density at radius 2 is 2.17 bits per heavy atom. The topological polar surface area (TPSA) is 60.7 Å². The molecule has 0 bridgehead atoms. The van der Waals surface area contributed by atoms with Crippen LogP contribution >= 0.6 is 0 Å². The van der Waals surface area contributed by atoms with Gasteiger partial charge in [-0.3, -0.25) is 0 Å². The highest BCUT2D eigenvalue weighted by molar-refractivity contribution is 4.43. The molecule has 0 unspecified atom stereocenters. The minimum Gasteiger partial charge on any atom is -0.394 e. The van der Waals surface area contributed by atoms with Gasteiger partial charge in [0, 0.05) is 0 Å². The van der Waals surface area contributed by atoms with Crippen LogP contribution in [0.2, 0.25) is 0 Å². The van der Waals surface area contributed by atoms with Crippen molar-refractivity contribution in [1.82, 2.24) is 0 Å². The second-order valence-electron chi connectivity index (χ2n) is 0.827. The fraction of sp³-hybridized carbons (Fsp3) is 1.00. The van der Waals surface area contributed by atoms with Crippen LogP contribution in [0, 0.1) is 0 Å². The third-order valence-electron chi connectivity index (χ3n) is 0.322. The van der Waals surface area contributed by atoms with E-state index in [-0.39, 0.29) is 0 Å². The predicted molar refractivity (Wildman–Crippen MR) is 20.2 cm³/mol. The highest BCUT2D eigenvalue weighted by Crippen LogP contribution is 1.71. The van der Waals surface area contributed by atoms with Crippen LogP contribution in [0.1, 0.15) is 2.74 Å². The molecule has 0 aromatic carbocycles. The predicted octanol–water partition coefficient (Wildman–Crippen LogP) is -1.67. The van der Waals surface area contributed by atoms with Crippen molar-refractivity contribution in [2.75, 3.05) is 13.2 Å². The van der Waals surface area contributed by atoms with E-state index in [1.807, 2.05) is 0 Å². The maximum atomic E-state index is 8.32. The molecular formula is C3H8O3. The van der Waals surface area contributed by atoms with Crippen molar-refractivity contribution in [1.29, 1.82) is 0 Å². The summed E-state index contributed by atoms with van der Waals surface area (Å²) in [6.45, 7) is -3.46. The molecule has 0 aromatic rings. The Morgan fingerprint density at radius 3 is 2.17 bits per heavy atom. The maximum Gasteiger partial charge on any atom is 0.100 e. The van der Waals surface area contributed by atoms with Crippen LogP contribution in [-0.4, -0.2) is 34.6 Å². The first kappa shape index (κ1) is 2.96. The number of aliphatic hydroxyl groups excluding tert-OH is 2. The molecule has 0 aliphatic heterocycles. The van der Waals surface area contributed by atoms with Gasteiger partial charge >= 0.3 is 0 Å². The molecule has 38 valence electrons. The lowest BCUT2D eigenvalue weighted by atomic mass is 11.0. The molecule has 0 rings (SSSR count). The minimum absolute atomic E-state index is 0.774. The number of rotatable bonds is 2. The first-order chi connectivity index (χ1) is 3.48. The zero-order valence-electron chi connectivity index (χ0n) is 5.13. The van der Waals surface area contributed by atoms with E-state index >= 15 is 0 Å². The minimum atomic E-state index is -2.69. The van der Waals surface area contributed by atoms with Crippen molar-refractivity contribution < 1.29 is 18.1 Å². The van der Waals surface area contributed by atoms with Gasteiger partial charge in [0.2, 0.25) is 0 Å². The van der Waals surface area contributed by atoms with Crippen LogP contribution in [0.5, 0.6) is 0 Å². The third kappa shape index (κ3) is 2.14. The van der Waals surface area contributed by atoms with E-state index in [0.29, 0.717) is 0 Å². The van der Waals surface area contributed by atoms with Gasteiger partial charge in [0.1, 0.15) is 6.10 Å². The van der Waals surface area contributed by atoms with Gasteiger partial charge in [0.05, 0.1) is 15.9 Å². The van der Waals surface area contributed by atoms with Gasteiger partial charge in [-0.25, -0.2) is 0 Å². The fourth-order valence-electron chi connectivity index (χ4n) is 0.0408. The van der Waals surface area contributed by atoms with Crippen molar-refractivity contribution in [3.05, 3.63) is 0 Å². The van der Waals surface area contributed by atoms with E-state index in [1.165, 1.54) is 0 Å². The molecule has 1 atom stereocenters. The Bertz CT molecular complexity index is 69.4. The molecule has 0 saturated heterocycles. The summed E-state index contributed by atoms with van der Waals surface area (Å²) in [5, 5.41) is 24.5. The van der Waals surface area contributed by atoms with Crippen LogP contribution in [-0.2, 0) is 0 Å². The van der Waals surface area contributed by atoms with Crippen LogP contribution < -0.4 is 0 Å². The molecule has 6 heavy (non-hydrogen) atoms. The second-order valence-corrected chi connectivity index (χ2v) is 0.827. The molecule has 0 aliphatic carbocycles. The summed E-state index contributed by atoms with van der Waals surface area (Å²) in [6.07, 6.45) is -1.71. The van der Waals surface area contributed by atoms with Crippen molar-refractivity contribution in [2.45, 2.75) is 6.10 Å². The molecule has 0 spiro atoms. The molecule has 0 radical (unpaired) electrons. The van der Waals surface area contributed by atoms with Crippen molar-refractivity contribution in [3.8, 4) is 0 Å². The molecule has 0 heterocycles. The zero-order valence-corrected chi connectivity index (χ0v) is 3.13. The molecule has 0 aromatic heterocycles. The van der Waals surface area contributed by atoms with Gasteiger partial charge in [-0.2, -0.15) is 0 Å². The Morgan fingerprint density at radius 1 is 1.67 bits per heavy atom. The van der Waals surface area contributed by atoms with Gasteiger partial charge in [-0.05, 0) is 0 Å². The van der Waals surface area contributed by atoms with Gasteiger partial charge in [-0.15, -0.1) is 0 Å². The number of aliphatic hydroxyl groups is 3. The Balaban J connectivity index is 3.62. The monoisotopic (exact) mass is 96.1 g/mol. The molecule has 0 aliphatic rings. The lowest BCUT2D eigenvalue weighted by molar-refractivity contribution is 0.0450. The largest absolute Gasteiger partial charge is 0.394 e. The van der Waals surface area contributed by atoms with Crippen LogP contribution in [0.15, 0.2) is 0 Å². The molecular weight excluding hydrogens is 86.0 g/mol. The van der Waals surface area contributed by atoms with Gasteiger partial charge in [0.15, 0.2) is 0 Å². The second kappa shape index (κ2) is 3.08. The molecule has 0 saturated carbocycles. The molecule has 3 N–H and O–H groups in total. The fourth-order valence-corrected chi connectivity index (χ4v) is 0.0408. The maximum absolute atomic E-state index is 8.32. The summed E-state index contributed by atoms with van der Waals surface area (Å²) in [4.78, 5) is 0. The SMILES string of the molecule is [2H]C([2H])(O)[13C@@H](O)[13CH2]O. The summed E-state index contributed by atoms with van der Waals surface area (Å²) in [5.74, 6) is 0. The highest BCUT2D eigenvalue weighted by atomic mass is 16.5. The Labute approximate surface area is 38.7 Å². The normalized spacial score (nSPS) is 21.8. The van der Waals surface area contributed by atoms with Crippen LogP contribution in [0.25, 0.3) is 0 Å². The van der Waals surface area contributed by atoms with Crippen molar-refractivity contribution >= 4 is 0 Å². The van der Waals surface area contributed by atoms with E-state index in [2.05, 4.69) is 0 Å². The van der Waals surface area contributed by atoms with Gasteiger partial charge in [-0.1, -0.05) is 0 Å². The van der Waals surface area contributed by atoms with E-state index in [0.717, 1.165) is 0 Å². The first-order valence-electron chi connectivity index (χ1n) is 2.49. The zero-order chi connectivity index (χ0) is 6.78. The van der Waals surface area contributed by atoms with E-state index < -0.39 is 19.3 Å². The lowest BCUT2D eigenvalue weighted by Gasteiger charge is -1.96. The van der Waals surface area contributed by atoms with E-state index in [4.69, 9.17) is 18.1 Å². The molecule has 0 fully saturated rings. The van der Waals surface area contributed by atoms with Gasteiger partial charge < -0.3 is 15.3 Å². The average molecular weight is 96.1 g/mol. The number of hydrogen-bond acceptors (Lipinski definition) is 3. The van der Waals surface area contributed by atoms with Crippen LogP contribution in [0.4, 0.5) is 0 Å². The van der Waals surface area contributed by atoms with E-state index in [9.17, 15) is 0 Å². The molecule has 3 heteroatoms. The third-order valence-corrected chi connectivity index (χ3v) is 0.322. The summed E-state index contributed by atoms with van der Waals surface area (Å²) < 4.78 is 12.7. The summed E-state index contributed by atoms with van der Waals surface area (Å²) in [5.41, 5.74) is 0. The van der Waals surface area contributed by atoms with Gasteiger partial charge in [0.25, 0.3) is 0 Å². The molecule has 3 nitrogen and oxygen atoms in total. The van der Waals surface area contributed by atoms with Crippen molar-refractivity contribution in [2.24, 2.45) is 0 Å². The Hall–Kier alpha value is -0.120.